The molecule has 0 spiro atoms. The zero-order chi connectivity index (χ0) is 21.9. The molecule has 0 saturated heterocycles. The Hall–Kier alpha value is -3.67. The number of aromatic nitrogens is 1. The van der Waals surface area contributed by atoms with E-state index in [1.54, 1.807) is 6.07 Å². The van der Waals surface area contributed by atoms with Crippen molar-refractivity contribution in [2.75, 3.05) is 6.61 Å². The van der Waals surface area contributed by atoms with Crippen LogP contribution in [0, 0.1) is 15.9 Å². The highest BCUT2D eigenvalue weighted by atomic mass is 19.1. The third kappa shape index (κ3) is 2.62. The Morgan fingerprint density at radius 2 is 1.88 bits per heavy atom. The van der Waals surface area contributed by atoms with Crippen molar-refractivity contribution in [3.8, 4) is 5.75 Å². The molecular formula is C26H21FN2O3. The van der Waals surface area contributed by atoms with Crippen LogP contribution in [-0.4, -0.2) is 21.6 Å². The molecule has 1 aromatic heterocycles. The van der Waals surface area contributed by atoms with E-state index in [9.17, 15) is 14.5 Å². The molecule has 6 heteroatoms. The molecule has 6 rings (SSSR count). The summed E-state index contributed by atoms with van der Waals surface area (Å²) in [5.41, 5.74) is 3.50. The summed E-state index contributed by atoms with van der Waals surface area (Å²) in [5.74, 6) is -0.448. The third-order valence-electron chi connectivity index (χ3n) is 7.05. The number of nitrogens with zero attached hydrogens (tertiary/aromatic N) is 2. The molecule has 160 valence electrons. The van der Waals surface area contributed by atoms with Crippen LogP contribution in [0.3, 0.4) is 0 Å². The number of nitro groups is 1. The summed E-state index contributed by atoms with van der Waals surface area (Å²) in [6.45, 7) is 0.669. The lowest BCUT2D eigenvalue weighted by Crippen LogP contribution is -2.54. The normalized spacial score (nSPS) is 21.3. The minimum absolute atomic E-state index is 0.0130. The number of para-hydroxylation sites is 1. The predicted molar refractivity (Wildman–Crippen MR) is 119 cm³/mol. The molecular weight excluding hydrogens is 407 g/mol. The fourth-order valence-corrected chi connectivity index (χ4v) is 5.60. The quantitative estimate of drug-likeness (QED) is 0.328. The van der Waals surface area contributed by atoms with E-state index in [0.717, 1.165) is 22.2 Å². The van der Waals surface area contributed by atoms with E-state index in [2.05, 4.69) is 22.8 Å². The molecule has 0 saturated carbocycles. The van der Waals surface area contributed by atoms with Crippen LogP contribution < -0.4 is 4.74 Å². The van der Waals surface area contributed by atoms with Gasteiger partial charge in [0.2, 0.25) is 0 Å². The van der Waals surface area contributed by atoms with Crippen molar-refractivity contribution in [1.29, 1.82) is 0 Å². The maximum absolute atomic E-state index is 14.3. The Balaban J connectivity index is 1.64. The van der Waals surface area contributed by atoms with Crippen molar-refractivity contribution in [2.24, 2.45) is 0 Å². The molecule has 0 unspecified atom stereocenters. The predicted octanol–water partition coefficient (Wildman–Crippen LogP) is 5.31. The average molecular weight is 428 g/mol. The summed E-state index contributed by atoms with van der Waals surface area (Å²) in [5, 5.41) is 13.5. The highest BCUT2D eigenvalue weighted by molar-refractivity contribution is 5.87. The summed E-state index contributed by atoms with van der Waals surface area (Å²) in [7, 11) is 0. The van der Waals surface area contributed by atoms with Gasteiger partial charge in [0.25, 0.3) is 5.54 Å². The molecule has 2 heterocycles. The van der Waals surface area contributed by atoms with E-state index in [4.69, 9.17) is 4.74 Å². The van der Waals surface area contributed by atoms with E-state index in [-0.39, 0.29) is 11.5 Å². The second-order valence-corrected chi connectivity index (χ2v) is 8.71. The van der Waals surface area contributed by atoms with Gasteiger partial charge in [-0.1, -0.05) is 48.5 Å². The Morgan fingerprint density at radius 1 is 1.09 bits per heavy atom. The number of hydrogen-bond donors (Lipinski definition) is 0. The molecule has 3 aromatic carbocycles. The van der Waals surface area contributed by atoms with Crippen molar-refractivity contribution < 1.29 is 14.1 Å². The van der Waals surface area contributed by atoms with Gasteiger partial charge in [-0.15, -0.1) is 0 Å². The van der Waals surface area contributed by atoms with E-state index in [1.807, 2.05) is 36.4 Å². The molecule has 2 atom stereocenters. The van der Waals surface area contributed by atoms with Crippen molar-refractivity contribution >= 4 is 10.9 Å². The molecule has 2 aliphatic rings. The lowest BCUT2D eigenvalue weighted by atomic mass is 9.67. The molecule has 0 radical (unpaired) electrons. The first kappa shape index (κ1) is 19.0. The Labute approximate surface area is 184 Å². The molecule has 4 aromatic rings. The Bertz CT molecular complexity index is 1360. The largest absolute Gasteiger partial charge is 0.486 e. The second-order valence-electron chi connectivity index (χ2n) is 8.71. The van der Waals surface area contributed by atoms with Gasteiger partial charge in [0.05, 0.1) is 5.92 Å². The molecule has 0 fully saturated rings. The maximum atomic E-state index is 14.3. The van der Waals surface area contributed by atoms with Crippen LogP contribution in [0.4, 0.5) is 4.39 Å². The van der Waals surface area contributed by atoms with E-state index in [0.29, 0.717) is 30.7 Å². The molecule has 1 aliphatic heterocycles. The molecule has 0 N–H and O–H groups in total. The van der Waals surface area contributed by atoms with E-state index in [1.165, 1.54) is 17.7 Å². The highest BCUT2D eigenvalue weighted by Gasteiger charge is 2.59. The van der Waals surface area contributed by atoms with Crippen molar-refractivity contribution in [2.45, 2.75) is 30.8 Å². The minimum Gasteiger partial charge on any atom is -0.486 e. The molecule has 0 bridgehead atoms. The van der Waals surface area contributed by atoms with Crippen LogP contribution in [0.25, 0.3) is 10.9 Å². The van der Waals surface area contributed by atoms with Gasteiger partial charge in [-0.2, -0.15) is 0 Å². The summed E-state index contributed by atoms with van der Waals surface area (Å²) in [6.07, 6.45) is 0.918. The van der Waals surface area contributed by atoms with Crippen molar-refractivity contribution in [1.82, 2.24) is 4.57 Å². The molecule has 1 aliphatic carbocycles. The lowest BCUT2D eigenvalue weighted by Gasteiger charge is -2.41. The van der Waals surface area contributed by atoms with Gasteiger partial charge in [-0.25, -0.2) is 4.39 Å². The van der Waals surface area contributed by atoms with Gasteiger partial charge in [-0.05, 0) is 41.8 Å². The van der Waals surface area contributed by atoms with Gasteiger partial charge in [0, 0.05) is 40.0 Å². The van der Waals surface area contributed by atoms with Gasteiger partial charge in [-0.3, -0.25) is 10.1 Å². The number of hydrogen-bond acceptors (Lipinski definition) is 3. The lowest BCUT2D eigenvalue weighted by molar-refractivity contribution is -0.579. The zero-order valence-electron chi connectivity index (χ0n) is 17.3. The SMILES string of the molecule is O=[N+]([O-])[C@@]12CCc3c(c4ccccc4n3Cc3ccccc3)[C@@H]1c1cc(F)ccc1OC2. The fourth-order valence-electron chi connectivity index (χ4n) is 5.60. The van der Waals surface area contributed by atoms with Crippen molar-refractivity contribution in [3.63, 3.8) is 0 Å². The van der Waals surface area contributed by atoms with Crippen LogP contribution >= 0.6 is 0 Å². The first-order chi connectivity index (χ1) is 15.6. The topological polar surface area (TPSA) is 57.3 Å². The number of fused-ring (bicyclic) bond motifs is 7. The van der Waals surface area contributed by atoms with Gasteiger partial charge < -0.3 is 9.30 Å². The monoisotopic (exact) mass is 428 g/mol. The second kappa shape index (κ2) is 6.92. The molecule has 32 heavy (non-hydrogen) atoms. The summed E-state index contributed by atoms with van der Waals surface area (Å²) >= 11 is 0. The molecule has 5 nitrogen and oxygen atoms in total. The first-order valence-electron chi connectivity index (χ1n) is 10.8. The number of halogens is 1. The summed E-state index contributed by atoms with van der Waals surface area (Å²) in [6, 6.07) is 22.6. The smallest absolute Gasteiger partial charge is 0.266 e. The Morgan fingerprint density at radius 3 is 2.69 bits per heavy atom. The maximum Gasteiger partial charge on any atom is 0.266 e. The number of ether oxygens (including phenoxy) is 1. The molecule has 0 amide bonds. The zero-order valence-corrected chi connectivity index (χ0v) is 17.3. The third-order valence-corrected chi connectivity index (χ3v) is 7.05. The fraction of sp³-hybridized carbons (Fsp3) is 0.231. The van der Waals surface area contributed by atoms with Crippen LogP contribution in [-0.2, 0) is 13.0 Å². The summed E-state index contributed by atoms with van der Waals surface area (Å²) in [4.78, 5) is 12.3. The highest BCUT2D eigenvalue weighted by Crippen LogP contribution is 2.53. The first-order valence-corrected chi connectivity index (χ1v) is 10.8. The van der Waals surface area contributed by atoms with Gasteiger partial charge >= 0.3 is 0 Å². The van der Waals surface area contributed by atoms with E-state index >= 15 is 0 Å². The standard InChI is InChI=1S/C26H21FN2O3/c27-18-10-11-23-20(14-18)25-24-19-8-4-5-9-21(19)28(15-17-6-2-1-3-7-17)22(24)12-13-26(25,16-32-23)29(30)31/h1-11,14,25H,12-13,15-16H2/t25-,26+/m0/s1. The van der Waals surface area contributed by atoms with E-state index < -0.39 is 17.3 Å². The average Bonchev–Trinajstić information content (AvgIpc) is 3.13. The van der Waals surface area contributed by atoms with Gasteiger partial charge in [0.1, 0.15) is 11.6 Å². The van der Waals surface area contributed by atoms with Crippen LogP contribution in [0.5, 0.6) is 5.75 Å². The van der Waals surface area contributed by atoms with Crippen LogP contribution in [0.1, 0.15) is 34.7 Å². The van der Waals surface area contributed by atoms with Crippen molar-refractivity contribution in [3.05, 3.63) is 111 Å². The summed E-state index contributed by atoms with van der Waals surface area (Å²) < 4.78 is 22.4. The van der Waals surface area contributed by atoms with Gasteiger partial charge in [0.15, 0.2) is 6.61 Å². The number of benzene rings is 3. The number of rotatable bonds is 3. The minimum atomic E-state index is -1.31. The van der Waals surface area contributed by atoms with Crippen LogP contribution in [0.15, 0.2) is 72.8 Å². The Kier molecular flexibility index (Phi) is 4.12. The van der Waals surface area contributed by atoms with Crippen LogP contribution in [0.2, 0.25) is 0 Å².